The Morgan fingerprint density at radius 2 is 2.00 bits per heavy atom. The fourth-order valence-corrected chi connectivity index (χ4v) is 3.93. The molecule has 0 atom stereocenters. The molecule has 0 bridgehead atoms. The summed E-state index contributed by atoms with van der Waals surface area (Å²) in [5.74, 6) is 0. The highest BCUT2D eigenvalue weighted by molar-refractivity contribution is 7.98. The third-order valence-corrected chi connectivity index (χ3v) is 5.64. The maximum atomic E-state index is 6.19. The highest BCUT2D eigenvalue weighted by atomic mass is 35.5. The minimum Gasteiger partial charge on any atom is -0.378 e. The van der Waals surface area contributed by atoms with Crippen LogP contribution >= 0.6 is 46.3 Å². The van der Waals surface area contributed by atoms with Gasteiger partial charge in [0.1, 0.15) is 10.5 Å². The lowest BCUT2D eigenvalue weighted by Gasteiger charge is -2.08. The van der Waals surface area contributed by atoms with Gasteiger partial charge in [-0.15, -0.1) is 23.1 Å². The van der Waals surface area contributed by atoms with Gasteiger partial charge in [-0.1, -0.05) is 35.3 Å². The lowest BCUT2D eigenvalue weighted by Crippen LogP contribution is -1.99. The van der Waals surface area contributed by atoms with E-state index >= 15 is 0 Å². The number of benzene rings is 2. The molecule has 0 aliphatic rings. The van der Waals surface area contributed by atoms with Gasteiger partial charge in [0.25, 0.3) is 0 Å². The monoisotopic (exact) mass is 354 g/mol. The van der Waals surface area contributed by atoms with Gasteiger partial charge in [-0.25, -0.2) is 4.98 Å². The second-order valence-corrected chi connectivity index (χ2v) is 7.12. The fourth-order valence-electron chi connectivity index (χ4n) is 2.02. The number of fused-ring (bicyclic) bond motifs is 1. The topological polar surface area (TPSA) is 24.9 Å². The predicted molar refractivity (Wildman–Crippen MR) is 95.2 cm³/mol. The number of para-hydroxylation sites is 1. The zero-order valence-corrected chi connectivity index (χ0v) is 14.3. The van der Waals surface area contributed by atoms with E-state index in [-0.39, 0.29) is 0 Å². The van der Waals surface area contributed by atoms with E-state index in [0.717, 1.165) is 20.9 Å². The minimum absolute atomic E-state index is 0.529. The fraction of sp³-hybridized carbons (Fsp3) is 0.133. The molecule has 108 valence electrons. The molecule has 2 nitrogen and oxygen atoms in total. The molecule has 0 radical (unpaired) electrons. The molecule has 1 heterocycles. The van der Waals surface area contributed by atoms with E-state index in [2.05, 4.69) is 28.7 Å². The van der Waals surface area contributed by atoms with E-state index in [1.807, 2.05) is 24.3 Å². The first-order valence-corrected chi connectivity index (χ1v) is 9.09. The molecular weight excluding hydrogens is 343 g/mol. The van der Waals surface area contributed by atoms with Gasteiger partial charge in [-0.3, -0.25) is 0 Å². The average Bonchev–Trinajstić information content (AvgIpc) is 2.93. The van der Waals surface area contributed by atoms with Crippen LogP contribution in [0.15, 0.2) is 41.3 Å². The molecule has 3 rings (SSSR count). The molecule has 0 aliphatic heterocycles. The van der Waals surface area contributed by atoms with Gasteiger partial charge in [0.2, 0.25) is 0 Å². The second-order valence-electron chi connectivity index (χ2n) is 4.37. The normalized spacial score (nSPS) is 11.0. The Hall–Kier alpha value is -0.940. The number of nitrogens with zero attached hydrogens (tertiary/aromatic N) is 1. The van der Waals surface area contributed by atoms with E-state index in [9.17, 15) is 0 Å². The number of hydrogen-bond donors (Lipinski definition) is 1. The van der Waals surface area contributed by atoms with Crippen molar-refractivity contribution < 1.29 is 0 Å². The van der Waals surface area contributed by atoms with Crippen molar-refractivity contribution in [3.05, 3.63) is 51.5 Å². The van der Waals surface area contributed by atoms with Gasteiger partial charge in [-0.05, 0) is 30.5 Å². The maximum Gasteiger partial charge on any atom is 0.113 e. The van der Waals surface area contributed by atoms with Gasteiger partial charge in [0.05, 0.1) is 21.3 Å². The SMILES string of the molecule is CSc1ccccc1NCc1nc2c(Cl)c(Cl)ccc2s1. The third-order valence-electron chi connectivity index (χ3n) is 3.03. The van der Waals surface area contributed by atoms with Gasteiger partial charge in [-0.2, -0.15) is 0 Å². The third kappa shape index (κ3) is 3.14. The van der Waals surface area contributed by atoms with E-state index in [1.54, 1.807) is 23.1 Å². The smallest absolute Gasteiger partial charge is 0.113 e. The zero-order chi connectivity index (χ0) is 14.8. The number of thioether (sulfide) groups is 1. The Balaban J connectivity index is 1.84. The summed E-state index contributed by atoms with van der Waals surface area (Å²) in [6.45, 7) is 0.671. The molecule has 1 aromatic heterocycles. The number of nitrogens with one attached hydrogen (secondary N) is 1. The first kappa shape index (κ1) is 15.0. The van der Waals surface area contributed by atoms with Crippen molar-refractivity contribution in [3.63, 3.8) is 0 Å². The Morgan fingerprint density at radius 3 is 2.81 bits per heavy atom. The summed E-state index contributed by atoms with van der Waals surface area (Å²) >= 11 is 15.6. The summed E-state index contributed by atoms with van der Waals surface area (Å²) in [6.07, 6.45) is 2.07. The highest BCUT2D eigenvalue weighted by Gasteiger charge is 2.10. The molecule has 1 N–H and O–H groups in total. The second kappa shape index (κ2) is 6.44. The average molecular weight is 355 g/mol. The summed E-state index contributed by atoms with van der Waals surface area (Å²) in [6, 6.07) is 12.0. The summed E-state index contributed by atoms with van der Waals surface area (Å²) < 4.78 is 1.05. The molecule has 0 saturated heterocycles. The Kier molecular flexibility index (Phi) is 4.60. The van der Waals surface area contributed by atoms with Crippen LogP contribution in [-0.2, 0) is 6.54 Å². The lowest BCUT2D eigenvalue weighted by molar-refractivity contribution is 1.10. The number of halogens is 2. The summed E-state index contributed by atoms with van der Waals surface area (Å²) in [4.78, 5) is 5.80. The number of anilines is 1. The van der Waals surface area contributed by atoms with Crippen LogP contribution in [0.4, 0.5) is 5.69 Å². The minimum atomic E-state index is 0.529. The van der Waals surface area contributed by atoms with E-state index < -0.39 is 0 Å². The number of aromatic nitrogens is 1. The van der Waals surface area contributed by atoms with Crippen LogP contribution in [0.3, 0.4) is 0 Å². The maximum absolute atomic E-state index is 6.19. The Labute approximate surface area is 141 Å². The molecule has 0 spiro atoms. The van der Waals surface area contributed by atoms with Crippen LogP contribution in [0.5, 0.6) is 0 Å². The number of rotatable bonds is 4. The highest BCUT2D eigenvalue weighted by Crippen LogP contribution is 2.34. The van der Waals surface area contributed by atoms with Crippen LogP contribution in [0.25, 0.3) is 10.2 Å². The van der Waals surface area contributed by atoms with Gasteiger partial charge >= 0.3 is 0 Å². The molecule has 0 aliphatic carbocycles. The van der Waals surface area contributed by atoms with E-state index in [4.69, 9.17) is 23.2 Å². The van der Waals surface area contributed by atoms with Gasteiger partial charge < -0.3 is 5.32 Å². The van der Waals surface area contributed by atoms with Crippen molar-refractivity contribution in [1.29, 1.82) is 0 Å². The van der Waals surface area contributed by atoms with Crippen LogP contribution in [0, 0.1) is 0 Å². The van der Waals surface area contributed by atoms with Crippen molar-refractivity contribution in [2.24, 2.45) is 0 Å². The number of hydrogen-bond acceptors (Lipinski definition) is 4. The van der Waals surface area contributed by atoms with Crippen LogP contribution in [0.2, 0.25) is 10.0 Å². The molecule has 21 heavy (non-hydrogen) atoms. The predicted octanol–water partition coefficient (Wildman–Crippen LogP) is 5.94. The van der Waals surface area contributed by atoms with Crippen molar-refractivity contribution in [3.8, 4) is 0 Å². The van der Waals surface area contributed by atoms with Gasteiger partial charge in [0.15, 0.2) is 0 Å². The molecule has 0 unspecified atom stereocenters. The Bertz CT molecular complexity index is 786. The standard InChI is InChI=1S/C15H12Cl2N2S2/c1-20-11-5-3-2-4-10(11)18-8-13-19-15-12(21-13)7-6-9(16)14(15)17/h2-7,18H,8H2,1H3. The molecule has 0 fully saturated rings. The quantitative estimate of drug-likeness (QED) is 0.587. The first-order valence-electron chi connectivity index (χ1n) is 6.29. The molecular formula is C15H12Cl2N2S2. The van der Waals surface area contributed by atoms with Crippen molar-refractivity contribution >= 4 is 62.2 Å². The van der Waals surface area contributed by atoms with E-state index in [1.165, 1.54) is 4.90 Å². The summed E-state index contributed by atoms with van der Waals surface area (Å²) in [5, 5.41) is 5.49. The van der Waals surface area contributed by atoms with Crippen molar-refractivity contribution in [2.45, 2.75) is 11.4 Å². The summed E-state index contributed by atoms with van der Waals surface area (Å²) in [5.41, 5.74) is 1.90. The van der Waals surface area contributed by atoms with Gasteiger partial charge in [0, 0.05) is 10.6 Å². The Morgan fingerprint density at radius 1 is 1.19 bits per heavy atom. The molecule has 3 aromatic rings. The molecule has 0 saturated carbocycles. The largest absolute Gasteiger partial charge is 0.378 e. The zero-order valence-electron chi connectivity index (χ0n) is 11.2. The van der Waals surface area contributed by atoms with Crippen molar-refractivity contribution in [1.82, 2.24) is 4.98 Å². The number of thiazole rings is 1. The van der Waals surface area contributed by atoms with Crippen LogP contribution in [0.1, 0.15) is 5.01 Å². The van der Waals surface area contributed by atoms with Crippen LogP contribution in [-0.4, -0.2) is 11.2 Å². The van der Waals surface area contributed by atoms with E-state index in [0.29, 0.717) is 16.6 Å². The molecule has 2 aromatic carbocycles. The van der Waals surface area contributed by atoms with Crippen LogP contribution < -0.4 is 5.32 Å². The molecule has 6 heteroatoms. The van der Waals surface area contributed by atoms with Crippen molar-refractivity contribution in [2.75, 3.05) is 11.6 Å². The first-order chi connectivity index (χ1) is 10.2. The summed E-state index contributed by atoms with van der Waals surface area (Å²) in [7, 11) is 0. The lowest BCUT2D eigenvalue weighted by atomic mass is 10.3. The molecule has 0 amide bonds.